The number of carbonyl (C=O) groups excluding carboxylic acids is 2. The average molecular weight is 233 g/mol. The first-order chi connectivity index (χ1) is 8.19. The van der Waals surface area contributed by atoms with Gasteiger partial charge in [0, 0.05) is 13.5 Å². The van der Waals surface area contributed by atoms with Gasteiger partial charge >= 0.3 is 0 Å². The van der Waals surface area contributed by atoms with Gasteiger partial charge in [-0.15, -0.1) is 0 Å². The van der Waals surface area contributed by atoms with Gasteiger partial charge in [-0.1, -0.05) is 24.3 Å². The molecule has 2 rings (SSSR count). The van der Waals surface area contributed by atoms with Crippen molar-refractivity contribution in [2.45, 2.75) is 19.4 Å². The van der Waals surface area contributed by atoms with Gasteiger partial charge in [0.2, 0.25) is 11.8 Å². The number of ether oxygens (including phenoxy) is 1. The summed E-state index contributed by atoms with van der Waals surface area (Å²) in [6.45, 7) is 0.586. The van der Waals surface area contributed by atoms with Gasteiger partial charge in [-0.3, -0.25) is 14.9 Å². The molecule has 1 saturated heterocycles. The minimum absolute atomic E-state index is 0.157. The van der Waals surface area contributed by atoms with E-state index in [9.17, 15) is 9.59 Å². The van der Waals surface area contributed by atoms with Crippen molar-refractivity contribution < 1.29 is 14.3 Å². The van der Waals surface area contributed by atoms with E-state index in [1.165, 1.54) is 0 Å². The molecule has 2 amide bonds. The SMILES string of the molecule is COCc1ccc(CC2CC(=O)NC2=O)cc1. The molecular formula is C13H15NO3. The third kappa shape index (κ3) is 2.91. The Bertz CT molecular complexity index is 425. The van der Waals surface area contributed by atoms with Crippen LogP contribution in [0, 0.1) is 5.92 Å². The lowest BCUT2D eigenvalue weighted by Crippen LogP contribution is -2.22. The summed E-state index contributed by atoms with van der Waals surface area (Å²) in [5.41, 5.74) is 2.17. The maximum atomic E-state index is 11.4. The molecule has 0 aromatic heterocycles. The molecule has 1 N–H and O–H groups in total. The summed E-state index contributed by atoms with van der Waals surface area (Å²) in [4.78, 5) is 22.5. The largest absolute Gasteiger partial charge is 0.380 e. The van der Waals surface area contributed by atoms with Gasteiger partial charge < -0.3 is 4.74 Å². The first-order valence-corrected chi connectivity index (χ1v) is 5.59. The number of nitrogens with one attached hydrogen (secondary N) is 1. The van der Waals surface area contributed by atoms with Crippen LogP contribution in [-0.2, 0) is 27.4 Å². The molecule has 1 aromatic rings. The van der Waals surface area contributed by atoms with Crippen LogP contribution in [0.3, 0.4) is 0 Å². The summed E-state index contributed by atoms with van der Waals surface area (Å²) in [6, 6.07) is 7.91. The molecule has 0 saturated carbocycles. The maximum Gasteiger partial charge on any atom is 0.230 e. The molecule has 1 unspecified atom stereocenters. The normalized spacial score (nSPS) is 19.5. The van der Waals surface area contributed by atoms with Crippen molar-refractivity contribution in [3.8, 4) is 0 Å². The van der Waals surface area contributed by atoms with Gasteiger partial charge in [0.05, 0.1) is 12.5 Å². The Morgan fingerprint density at radius 2 is 1.88 bits per heavy atom. The van der Waals surface area contributed by atoms with Crippen LogP contribution in [0.15, 0.2) is 24.3 Å². The summed E-state index contributed by atoms with van der Waals surface area (Å²) >= 11 is 0. The number of carbonyl (C=O) groups is 2. The van der Waals surface area contributed by atoms with E-state index in [1.54, 1.807) is 7.11 Å². The first kappa shape index (κ1) is 11.8. The standard InChI is InChI=1S/C13H15NO3/c1-17-8-10-4-2-9(3-5-10)6-11-7-12(15)14-13(11)16/h2-5,11H,6-8H2,1H3,(H,14,15,16). The Kier molecular flexibility index (Phi) is 3.54. The van der Waals surface area contributed by atoms with Gasteiger partial charge in [0.25, 0.3) is 0 Å². The summed E-state index contributed by atoms with van der Waals surface area (Å²) in [6.07, 6.45) is 0.920. The molecule has 90 valence electrons. The maximum absolute atomic E-state index is 11.4. The van der Waals surface area contributed by atoms with E-state index < -0.39 is 0 Å². The number of imide groups is 1. The highest BCUT2D eigenvalue weighted by Gasteiger charge is 2.30. The fraction of sp³-hybridized carbons (Fsp3) is 0.385. The van der Waals surface area contributed by atoms with E-state index in [1.807, 2.05) is 24.3 Å². The van der Waals surface area contributed by atoms with Crippen LogP contribution in [0.4, 0.5) is 0 Å². The molecule has 1 heterocycles. The van der Waals surface area contributed by atoms with Crippen LogP contribution in [0.1, 0.15) is 17.5 Å². The van der Waals surface area contributed by atoms with E-state index in [0.29, 0.717) is 19.4 Å². The van der Waals surface area contributed by atoms with Crippen molar-refractivity contribution in [2.24, 2.45) is 5.92 Å². The van der Waals surface area contributed by atoms with Crippen LogP contribution in [0.2, 0.25) is 0 Å². The molecule has 4 nitrogen and oxygen atoms in total. The Labute approximate surface area is 100.0 Å². The lowest BCUT2D eigenvalue weighted by molar-refractivity contribution is -0.125. The predicted molar refractivity (Wildman–Crippen MR) is 62.1 cm³/mol. The van der Waals surface area contributed by atoms with E-state index in [4.69, 9.17) is 4.74 Å². The minimum Gasteiger partial charge on any atom is -0.380 e. The Morgan fingerprint density at radius 3 is 2.41 bits per heavy atom. The van der Waals surface area contributed by atoms with Crippen LogP contribution < -0.4 is 5.32 Å². The highest BCUT2D eigenvalue weighted by molar-refractivity contribution is 6.03. The summed E-state index contributed by atoms with van der Waals surface area (Å²) in [7, 11) is 1.66. The van der Waals surface area contributed by atoms with Crippen molar-refractivity contribution in [2.75, 3.05) is 7.11 Å². The van der Waals surface area contributed by atoms with Gasteiger partial charge in [0.1, 0.15) is 0 Å². The molecule has 0 bridgehead atoms. The number of methoxy groups -OCH3 is 1. The summed E-state index contributed by atoms with van der Waals surface area (Å²) in [5.74, 6) is -0.539. The van der Waals surface area contributed by atoms with Crippen LogP contribution in [-0.4, -0.2) is 18.9 Å². The van der Waals surface area contributed by atoms with Gasteiger partial charge in [-0.05, 0) is 17.5 Å². The van der Waals surface area contributed by atoms with Gasteiger partial charge in [-0.2, -0.15) is 0 Å². The van der Waals surface area contributed by atoms with Crippen molar-refractivity contribution in [3.05, 3.63) is 35.4 Å². The molecule has 1 fully saturated rings. The predicted octanol–water partition coefficient (Wildman–Crippen LogP) is 1.04. The molecule has 4 heteroatoms. The molecule has 1 aliphatic rings. The molecule has 0 aliphatic carbocycles. The summed E-state index contributed by atoms with van der Waals surface area (Å²) in [5, 5.41) is 2.32. The van der Waals surface area contributed by atoms with Gasteiger partial charge in [0.15, 0.2) is 0 Å². The zero-order valence-electron chi connectivity index (χ0n) is 9.73. The van der Waals surface area contributed by atoms with Crippen molar-refractivity contribution in [1.82, 2.24) is 5.32 Å². The topological polar surface area (TPSA) is 55.4 Å². The zero-order valence-corrected chi connectivity index (χ0v) is 9.73. The second-order valence-corrected chi connectivity index (χ2v) is 4.27. The van der Waals surface area contributed by atoms with Crippen LogP contribution in [0.25, 0.3) is 0 Å². The fourth-order valence-corrected chi connectivity index (χ4v) is 1.99. The molecule has 0 spiro atoms. The Hall–Kier alpha value is -1.68. The average Bonchev–Trinajstić information content (AvgIpc) is 2.61. The monoisotopic (exact) mass is 233 g/mol. The molecule has 0 radical (unpaired) electrons. The van der Waals surface area contributed by atoms with E-state index in [2.05, 4.69) is 5.32 Å². The third-order valence-electron chi connectivity index (χ3n) is 2.88. The number of amides is 2. The van der Waals surface area contributed by atoms with E-state index >= 15 is 0 Å². The van der Waals surface area contributed by atoms with Crippen LogP contribution >= 0.6 is 0 Å². The molecule has 17 heavy (non-hydrogen) atoms. The Morgan fingerprint density at radius 1 is 1.24 bits per heavy atom. The second kappa shape index (κ2) is 5.10. The lowest BCUT2D eigenvalue weighted by Gasteiger charge is -2.07. The lowest BCUT2D eigenvalue weighted by atomic mass is 9.97. The molecule has 1 atom stereocenters. The molecule has 1 aromatic carbocycles. The number of hydrogen-bond acceptors (Lipinski definition) is 3. The summed E-state index contributed by atoms with van der Waals surface area (Å²) < 4.78 is 5.02. The van der Waals surface area contributed by atoms with Gasteiger partial charge in [-0.25, -0.2) is 0 Å². The fourth-order valence-electron chi connectivity index (χ4n) is 1.99. The molecule has 1 aliphatic heterocycles. The third-order valence-corrected chi connectivity index (χ3v) is 2.88. The highest BCUT2D eigenvalue weighted by Crippen LogP contribution is 2.17. The smallest absolute Gasteiger partial charge is 0.230 e. The second-order valence-electron chi connectivity index (χ2n) is 4.27. The number of benzene rings is 1. The number of rotatable bonds is 4. The minimum atomic E-state index is -0.212. The van der Waals surface area contributed by atoms with Crippen molar-refractivity contribution >= 4 is 11.8 Å². The van der Waals surface area contributed by atoms with Crippen LogP contribution in [0.5, 0.6) is 0 Å². The molecular weight excluding hydrogens is 218 g/mol. The quantitative estimate of drug-likeness (QED) is 0.790. The van der Waals surface area contributed by atoms with E-state index in [0.717, 1.165) is 11.1 Å². The first-order valence-electron chi connectivity index (χ1n) is 5.59. The highest BCUT2D eigenvalue weighted by atomic mass is 16.5. The zero-order chi connectivity index (χ0) is 12.3. The van der Waals surface area contributed by atoms with Crippen molar-refractivity contribution in [1.29, 1.82) is 0 Å². The van der Waals surface area contributed by atoms with E-state index in [-0.39, 0.29) is 17.7 Å². The number of hydrogen-bond donors (Lipinski definition) is 1. The Balaban J connectivity index is 1.99. The van der Waals surface area contributed by atoms with Crippen molar-refractivity contribution in [3.63, 3.8) is 0 Å².